The minimum atomic E-state index is 0. The van der Waals surface area contributed by atoms with Gasteiger partial charge < -0.3 is 4.74 Å². The van der Waals surface area contributed by atoms with Gasteiger partial charge in [-0.05, 0) is 24.6 Å². The predicted molar refractivity (Wildman–Crippen MR) is 52.7 cm³/mol. The van der Waals surface area contributed by atoms with Gasteiger partial charge in [0.1, 0.15) is 12.4 Å². The maximum atomic E-state index is 5.42. The van der Waals surface area contributed by atoms with Crippen LogP contribution in [0.3, 0.4) is 0 Å². The van der Waals surface area contributed by atoms with Gasteiger partial charge in [-0.15, -0.1) is 0 Å². The molecule has 0 aliphatic carbocycles. The summed E-state index contributed by atoms with van der Waals surface area (Å²) >= 11 is 0. The molecule has 1 heterocycles. The third-order valence-electron chi connectivity index (χ3n) is 1.94. The van der Waals surface area contributed by atoms with E-state index < -0.39 is 0 Å². The first-order valence-electron chi connectivity index (χ1n) is 3.77. The van der Waals surface area contributed by atoms with E-state index >= 15 is 0 Å². The normalized spacial score (nSPS) is 13.6. The van der Waals surface area contributed by atoms with Crippen molar-refractivity contribution in [1.29, 1.82) is 0 Å². The monoisotopic (exact) mass is 186 g/mol. The van der Waals surface area contributed by atoms with Crippen molar-refractivity contribution in [1.82, 2.24) is 0 Å². The van der Waals surface area contributed by atoms with E-state index in [1.807, 2.05) is 18.2 Å². The van der Waals surface area contributed by atoms with Crippen LogP contribution in [0.5, 0.6) is 5.75 Å². The molecule has 0 aromatic heterocycles. The Morgan fingerprint density at radius 3 is 2.75 bits per heavy atom. The van der Waals surface area contributed by atoms with Crippen LogP contribution in [-0.2, 0) is 0 Å². The molecule has 0 unspecified atom stereocenters. The molecule has 0 atom stereocenters. The van der Waals surface area contributed by atoms with Crippen LogP contribution in [0.25, 0.3) is 5.57 Å². The number of para-hydroxylation sites is 1. The molecule has 0 bridgehead atoms. The average molecular weight is 186 g/mol. The van der Waals surface area contributed by atoms with Gasteiger partial charge in [0.15, 0.2) is 0 Å². The Bertz CT molecular complexity index is 304. The summed E-state index contributed by atoms with van der Waals surface area (Å²) in [6, 6.07) is 8.12. The molecule has 0 saturated heterocycles. The van der Waals surface area contributed by atoms with E-state index in [0.29, 0.717) is 6.61 Å². The second-order valence-electron chi connectivity index (χ2n) is 2.69. The molecule has 0 saturated carbocycles. The van der Waals surface area contributed by atoms with Crippen molar-refractivity contribution in [2.24, 2.45) is 0 Å². The van der Waals surface area contributed by atoms with Crippen LogP contribution in [0.2, 0.25) is 0 Å². The van der Waals surface area contributed by atoms with Crippen molar-refractivity contribution in [3.05, 3.63) is 35.9 Å². The number of hydrogen-bond acceptors (Lipinski definition) is 1. The summed E-state index contributed by atoms with van der Waals surface area (Å²) in [5.41, 5.74) is 2.53. The van der Waals surface area contributed by atoms with Gasteiger partial charge in [0.2, 0.25) is 0 Å². The summed E-state index contributed by atoms with van der Waals surface area (Å²) in [7, 11) is 0. The van der Waals surface area contributed by atoms with E-state index in [1.165, 1.54) is 11.1 Å². The van der Waals surface area contributed by atoms with Gasteiger partial charge >= 0.3 is 51.4 Å². The second kappa shape index (κ2) is 4.58. The van der Waals surface area contributed by atoms with E-state index in [9.17, 15) is 0 Å². The molecular weight excluding hydrogens is 175 g/mol. The van der Waals surface area contributed by atoms with Crippen LogP contribution in [-0.4, -0.2) is 58.0 Å². The number of hydrogen-bond donors (Lipinski definition) is 0. The van der Waals surface area contributed by atoms with Crippen LogP contribution < -0.4 is 4.74 Å². The number of allylic oxidation sites excluding steroid dienone is 1. The van der Waals surface area contributed by atoms with E-state index in [2.05, 4.69) is 19.1 Å². The molecule has 1 aliphatic rings. The van der Waals surface area contributed by atoms with Gasteiger partial charge in [0, 0.05) is 5.56 Å². The number of ether oxygens (including phenoxy) is 1. The van der Waals surface area contributed by atoms with Crippen molar-refractivity contribution in [3.63, 3.8) is 0 Å². The van der Waals surface area contributed by atoms with E-state index in [4.69, 9.17) is 4.74 Å². The van der Waals surface area contributed by atoms with Crippen molar-refractivity contribution >= 4 is 57.0 Å². The van der Waals surface area contributed by atoms with Gasteiger partial charge in [-0.1, -0.05) is 18.2 Å². The topological polar surface area (TPSA) is 9.23 Å². The fraction of sp³-hybridized carbons (Fsp3) is 0.200. The Hall–Kier alpha value is 0.396. The molecule has 12 heavy (non-hydrogen) atoms. The number of fused-ring (bicyclic) bond motifs is 1. The zero-order chi connectivity index (χ0) is 7.68. The fourth-order valence-electron chi connectivity index (χ4n) is 1.28. The Kier molecular flexibility index (Phi) is 4.00. The third kappa shape index (κ3) is 2.01. The summed E-state index contributed by atoms with van der Waals surface area (Å²) in [6.45, 7) is 2.82. The molecule has 1 aromatic carbocycles. The average Bonchev–Trinajstić information content (AvgIpc) is 2.06. The van der Waals surface area contributed by atoms with E-state index in [1.54, 1.807) is 0 Å². The van der Waals surface area contributed by atoms with Gasteiger partial charge in [0.05, 0.1) is 0 Å². The van der Waals surface area contributed by atoms with Crippen molar-refractivity contribution in [2.45, 2.75) is 6.92 Å². The Morgan fingerprint density at radius 1 is 1.25 bits per heavy atom. The van der Waals surface area contributed by atoms with Crippen LogP contribution in [0.1, 0.15) is 12.5 Å². The molecule has 58 valence electrons. The Balaban J connectivity index is 0.000000720. The second-order valence-corrected chi connectivity index (χ2v) is 2.69. The molecule has 0 amide bonds. The first-order valence-corrected chi connectivity index (χ1v) is 3.77. The SMILES string of the molecule is CC1=CCOc2ccccc21.[KH]. The van der Waals surface area contributed by atoms with Gasteiger partial charge in [0.25, 0.3) is 0 Å². The van der Waals surface area contributed by atoms with Crippen LogP contribution in [0, 0.1) is 0 Å². The molecule has 0 radical (unpaired) electrons. The third-order valence-corrected chi connectivity index (χ3v) is 1.94. The zero-order valence-electron chi connectivity index (χ0n) is 6.50. The summed E-state index contributed by atoms with van der Waals surface area (Å²) in [5, 5.41) is 0. The molecule has 0 fully saturated rings. The van der Waals surface area contributed by atoms with Crippen molar-refractivity contribution in [2.75, 3.05) is 6.61 Å². The minimum absolute atomic E-state index is 0. The Morgan fingerprint density at radius 2 is 2.00 bits per heavy atom. The molecule has 0 spiro atoms. The molecule has 1 aliphatic heterocycles. The molecule has 1 aromatic rings. The summed E-state index contributed by atoms with van der Waals surface area (Å²) < 4.78 is 5.42. The molecule has 1 nitrogen and oxygen atoms in total. The quantitative estimate of drug-likeness (QED) is 0.562. The van der Waals surface area contributed by atoms with E-state index in [-0.39, 0.29) is 51.4 Å². The fourth-order valence-corrected chi connectivity index (χ4v) is 1.28. The van der Waals surface area contributed by atoms with E-state index in [0.717, 1.165) is 5.75 Å². The number of benzene rings is 1. The standard InChI is InChI=1S/C10H10O.K.H/c1-8-6-7-11-10-5-3-2-4-9(8)10;;/h2-6H,7H2,1H3;;. The molecule has 0 N–H and O–H groups in total. The number of rotatable bonds is 0. The zero-order valence-corrected chi connectivity index (χ0v) is 6.50. The van der Waals surface area contributed by atoms with Crippen molar-refractivity contribution in [3.8, 4) is 5.75 Å². The summed E-state index contributed by atoms with van der Waals surface area (Å²) in [6.07, 6.45) is 2.10. The first-order chi connectivity index (χ1) is 5.38. The van der Waals surface area contributed by atoms with Crippen molar-refractivity contribution < 1.29 is 4.74 Å². The summed E-state index contributed by atoms with van der Waals surface area (Å²) in [4.78, 5) is 0. The first kappa shape index (κ1) is 10.5. The van der Waals surface area contributed by atoms with Gasteiger partial charge in [-0.25, -0.2) is 0 Å². The molecular formula is C10H11KO. The van der Waals surface area contributed by atoms with Crippen LogP contribution >= 0.6 is 0 Å². The van der Waals surface area contributed by atoms with Gasteiger partial charge in [-0.2, -0.15) is 0 Å². The van der Waals surface area contributed by atoms with Crippen LogP contribution in [0.4, 0.5) is 0 Å². The van der Waals surface area contributed by atoms with Gasteiger partial charge in [-0.3, -0.25) is 0 Å². The summed E-state index contributed by atoms with van der Waals surface area (Å²) in [5.74, 6) is 1.01. The predicted octanol–water partition coefficient (Wildman–Crippen LogP) is 1.83. The Labute approximate surface area is 115 Å². The van der Waals surface area contributed by atoms with Crippen LogP contribution in [0.15, 0.2) is 30.3 Å². The maximum absolute atomic E-state index is 5.42. The molecule has 2 heteroatoms. The molecule has 2 rings (SSSR count).